The standard InChI is InChI=1S/C19H14Cl2N4O4/c1-8-4-15(26)16(19(28)29-8)13-6-14(9-2-3-11(20)12(21)5-9)25-18(24-13)10(7-23-25)17(22)27/h2-5,7,14,26H,6H2,1H3,(H2,22,27)/t14-/m1/s1. The minimum atomic E-state index is -0.734. The maximum atomic E-state index is 12.4. The van der Waals surface area contributed by atoms with E-state index in [0.29, 0.717) is 10.0 Å². The predicted molar refractivity (Wildman–Crippen MR) is 108 cm³/mol. The van der Waals surface area contributed by atoms with Gasteiger partial charge in [0.15, 0.2) is 5.82 Å². The number of hydrogen-bond acceptors (Lipinski definition) is 6. The summed E-state index contributed by atoms with van der Waals surface area (Å²) >= 11 is 12.2. The van der Waals surface area contributed by atoms with E-state index in [1.807, 2.05) is 0 Å². The summed E-state index contributed by atoms with van der Waals surface area (Å²) < 4.78 is 6.64. The number of primary amides is 1. The minimum absolute atomic E-state index is 0.0801. The number of aryl methyl sites for hydroxylation is 1. The van der Waals surface area contributed by atoms with E-state index < -0.39 is 17.6 Å². The van der Waals surface area contributed by atoms with Crippen LogP contribution in [0.3, 0.4) is 0 Å². The van der Waals surface area contributed by atoms with Gasteiger partial charge in [-0.3, -0.25) is 4.79 Å². The van der Waals surface area contributed by atoms with Crippen LogP contribution < -0.4 is 11.4 Å². The molecular weight excluding hydrogens is 419 g/mol. The molecule has 3 heterocycles. The Kier molecular flexibility index (Phi) is 4.68. The third-order valence-electron chi connectivity index (χ3n) is 4.63. The number of amides is 1. The lowest BCUT2D eigenvalue weighted by Crippen LogP contribution is -2.25. The smallest absolute Gasteiger partial charge is 0.348 e. The lowest BCUT2D eigenvalue weighted by atomic mass is 9.96. The number of fused-ring (bicyclic) bond motifs is 1. The Bertz CT molecular complexity index is 1250. The molecule has 29 heavy (non-hydrogen) atoms. The molecule has 1 amide bonds. The highest BCUT2D eigenvalue weighted by molar-refractivity contribution is 6.42. The first-order valence-corrected chi connectivity index (χ1v) is 9.25. The Morgan fingerprint density at radius 2 is 2.07 bits per heavy atom. The van der Waals surface area contributed by atoms with E-state index >= 15 is 0 Å². The fourth-order valence-corrected chi connectivity index (χ4v) is 3.62. The van der Waals surface area contributed by atoms with Crippen LogP contribution in [0.15, 0.2) is 44.7 Å². The maximum Gasteiger partial charge on any atom is 0.348 e. The van der Waals surface area contributed by atoms with Gasteiger partial charge in [-0.1, -0.05) is 29.3 Å². The Labute approximate surface area is 174 Å². The van der Waals surface area contributed by atoms with Crippen LogP contribution in [0.5, 0.6) is 5.75 Å². The quantitative estimate of drug-likeness (QED) is 0.656. The van der Waals surface area contributed by atoms with Crippen LogP contribution in [0.1, 0.15) is 39.7 Å². The molecule has 1 aliphatic rings. The first-order chi connectivity index (χ1) is 13.8. The molecule has 1 aromatic carbocycles. The van der Waals surface area contributed by atoms with Gasteiger partial charge in [-0.2, -0.15) is 5.10 Å². The summed E-state index contributed by atoms with van der Waals surface area (Å²) in [6.45, 7) is 1.55. The Morgan fingerprint density at radius 3 is 2.72 bits per heavy atom. The molecule has 1 aliphatic heterocycles. The number of halogens is 2. The third kappa shape index (κ3) is 3.30. The van der Waals surface area contributed by atoms with Crippen molar-refractivity contribution in [3.63, 3.8) is 0 Å². The number of carbonyl (C=O) groups excluding carboxylic acids is 1. The van der Waals surface area contributed by atoms with Crippen LogP contribution in [0.25, 0.3) is 0 Å². The van der Waals surface area contributed by atoms with Crippen LogP contribution in [-0.4, -0.2) is 26.5 Å². The zero-order chi connectivity index (χ0) is 20.9. The van der Waals surface area contributed by atoms with Crippen molar-refractivity contribution in [2.24, 2.45) is 10.7 Å². The molecule has 3 aromatic rings. The van der Waals surface area contributed by atoms with Crippen LogP contribution in [-0.2, 0) is 0 Å². The normalized spacial score (nSPS) is 15.7. The van der Waals surface area contributed by atoms with Gasteiger partial charge in [-0.15, -0.1) is 0 Å². The van der Waals surface area contributed by atoms with Gasteiger partial charge in [-0.25, -0.2) is 14.5 Å². The second kappa shape index (κ2) is 7.06. The summed E-state index contributed by atoms with van der Waals surface area (Å²) in [4.78, 5) is 28.6. The first kappa shape index (κ1) is 19.2. The molecule has 0 radical (unpaired) electrons. The van der Waals surface area contributed by atoms with Crippen LogP contribution in [0.4, 0.5) is 5.82 Å². The Hall–Kier alpha value is -3.10. The number of carbonyl (C=O) groups is 1. The summed E-state index contributed by atoms with van der Waals surface area (Å²) in [5.41, 5.74) is 5.68. The van der Waals surface area contributed by atoms with Gasteiger partial charge in [0.05, 0.1) is 28.0 Å². The average Bonchev–Trinajstić information content (AvgIpc) is 3.07. The van der Waals surface area contributed by atoms with Crippen molar-refractivity contribution in [3.05, 3.63) is 73.4 Å². The van der Waals surface area contributed by atoms with E-state index in [-0.39, 0.29) is 40.6 Å². The zero-order valence-corrected chi connectivity index (χ0v) is 16.5. The van der Waals surface area contributed by atoms with Gasteiger partial charge in [0.25, 0.3) is 5.91 Å². The van der Waals surface area contributed by atoms with Gasteiger partial charge in [0.2, 0.25) is 0 Å². The van der Waals surface area contributed by atoms with Crippen molar-refractivity contribution in [3.8, 4) is 5.75 Å². The third-order valence-corrected chi connectivity index (χ3v) is 5.37. The summed E-state index contributed by atoms with van der Waals surface area (Å²) in [7, 11) is 0. The van der Waals surface area contributed by atoms with Crippen LogP contribution >= 0.6 is 23.2 Å². The Balaban J connectivity index is 1.94. The summed E-state index contributed by atoms with van der Waals surface area (Å²) in [5.74, 6) is -0.547. The molecule has 2 aromatic heterocycles. The van der Waals surface area contributed by atoms with E-state index in [1.54, 1.807) is 25.1 Å². The summed E-state index contributed by atoms with van der Waals surface area (Å²) in [5, 5.41) is 15.3. The molecule has 0 aliphatic carbocycles. The maximum absolute atomic E-state index is 12.4. The topological polar surface area (TPSA) is 124 Å². The molecule has 0 saturated heterocycles. The highest BCUT2D eigenvalue weighted by Crippen LogP contribution is 2.38. The monoisotopic (exact) mass is 432 g/mol. The molecule has 0 spiro atoms. The lowest BCUT2D eigenvalue weighted by Gasteiger charge is -2.25. The number of aromatic hydroxyl groups is 1. The van der Waals surface area contributed by atoms with Crippen LogP contribution in [0, 0.1) is 6.92 Å². The predicted octanol–water partition coefficient (Wildman–Crippen LogP) is 3.37. The fraction of sp³-hybridized carbons (Fsp3) is 0.158. The first-order valence-electron chi connectivity index (χ1n) is 8.50. The number of benzene rings is 1. The molecule has 3 N–H and O–H groups in total. The molecule has 0 bridgehead atoms. The fourth-order valence-electron chi connectivity index (χ4n) is 3.31. The van der Waals surface area contributed by atoms with Crippen molar-refractivity contribution in [2.45, 2.75) is 19.4 Å². The number of nitrogens with zero attached hydrogens (tertiary/aromatic N) is 3. The molecular formula is C19H14Cl2N4O4. The van der Waals surface area contributed by atoms with Crippen LogP contribution in [0.2, 0.25) is 10.0 Å². The zero-order valence-electron chi connectivity index (χ0n) is 15.0. The highest BCUT2D eigenvalue weighted by Gasteiger charge is 2.31. The van der Waals surface area contributed by atoms with Crippen molar-refractivity contribution in [1.82, 2.24) is 9.78 Å². The van der Waals surface area contributed by atoms with E-state index in [2.05, 4.69) is 10.1 Å². The van der Waals surface area contributed by atoms with Gasteiger partial charge in [0.1, 0.15) is 22.6 Å². The number of nitrogens with two attached hydrogens (primary N) is 1. The van der Waals surface area contributed by atoms with Crippen molar-refractivity contribution in [2.75, 3.05) is 0 Å². The second-order valence-electron chi connectivity index (χ2n) is 6.55. The lowest BCUT2D eigenvalue weighted by molar-refractivity contribution is 0.100. The molecule has 148 valence electrons. The number of rotatable bonds is 3. The number of aliphatic imine (C=N–C) groups is 1. The van der Waals surface area contributed by atoms with E-state index in [9.17, 15) is 14.7 Å². The van der Waals surface area contributed by atoms with E-state index in [0.717, 1.165) is 5.56 Å². The molecule has 0 saturated carbocycles. The average molecular weight is 433 g/mol. The molecule has 10 heteroatoms. The minimum Gasteiger partial charge on any atom is -0.507 e. The molecule has 0 unspecified atom stereocenters. The second-order valence-corrected chi connectivity index (χ2v) is 7.36. The molecule has 0 fully saturated rings. The largest absolute Gasteiger partial charge is 0.507 e. The van der Waals surface area contributed by atoms with Crippen molar-refractivity contribution >= 4 is 40.6 Å². The van der Waals surface area contributed by atoms with Crippen molar-refractivity contribution < 1.29 is 14.3 Å². The van der Waals surface area contributed by atoms with Gasteiger partial charge >= 0.3 is 5.63 Å². The number of hydrogen-bond donors (Lipinski definition) is 2. The molecule has 8 nitrogen and oxygen atoms in total. The SMILES string of the molecule is Cc1cc(O)c(C2=Nc3c(C(N)=O)cnn3[C@@H](c3ccc(Cl)c(Cl)c3)C2)c(=O)o1. The molecule has 1 atom stereocenters. The van der Waals surface area contributed by atoms with E-state index in [4.69, 9.17) is 33.4 Å². The molecule has 4 rings (SSSR count). The highest BCUT2D eigenvalue weighted by atomic mass is 35.5. The summed E-state index contributed by atoms with van der Waals surface area (Å²) in [6, 6.07) is 5.92. The van der Waals surface area contributed by atoms with Crippen molar-refractivity contribution in [1.29, 1.82) is 0 Å². The Morgan fingerprint density at radius 1 is 1.31 bits per heavy atom. The summed E-state index contributed by atoms with van der Waals surface area (Å²) in [6.07, 6.45) is 1.50. The van der Waals surface area contributed by atoms with Gasteiger partial charge < -0.3 is 15.3 Å². The van der Waals surface area contributed by atoms with E-state index in [1.165, 1.54) is 16.9 Å². The van der Waals surface area contributed by atoms with Gasteiger partial charge in [-0.05, 0) is 24.6 Å². The van der Waals surface area contributed by atoms with Gasteiger partial charge in [0, 0.05) is 12.5 Å². The number of aromatic nitrogens is 2.